The molecule has 16 heavy (non-hydrogen) atoms. The predicted molar refractivity (Wildman–Crippen MR) is 64.0 cm³/mol. The summed E-state index contributed by atoms with van der Waals surface area (Å²) >= 11 is 0. The van der Waals surface area contributed by atoms with Gasteiger partial charge in [-0.3, -0.25) is 0 Å². The van der Waals surface area contributed by atoms with Crippen molar-refractivity contribution in [1.82, 2.24) is 0 Å². The minimum Gasteiger partial charge on any atom is -0.493 e. The Hall–Kier alpha value is -1.22. The van der Waals surface area contributed by atoms with Crippen molar-refractivity contribution in [2.75, 3.05) is 14.2 Å². The van der Waals surface area contributed by atoms with Crippen LogP contribution in [0.15, 0.2) is 18.2 Å². The van der Waals surface area contributed by atoms with Gasteiger partial charge in [0, 0.05) is 6.04 Å². The summed E-state index contributed by atoms with van der Waals surface area (Å²) in [5.41, 5.74) is 7.20. The lowest BCUT2D eigenvalue weighted by atomic mass is 10.1. The molecule has 1 aromatic rings. The fourth-order valence-corrected chi connectivity index (χ4v) is 2.26. The van der Waals surface area contributed by atoms with E-state index < -0.39 is 0 Å². The van der Waals surface area contributed by atoms with Gasteiger partial charge in [0.25, 0.3) is 0 Å². The second-order valence-electron chi connectivity index (χ2n) is 4.48. The van der Waals surface area contributed by atoms with Crippen molar-refractivity contribution in [3.8, 4) is 11.5 Å². The summed E-state index contributed by atoms with van der Waals surface area (Å²) in [7, 11) is 3.32. The van der Waals surface area contributed by atoms with E-state index in [2.05, 4.69) is 19.1 Å². The summed E-state index contributed by atoms with van der Waals surface area (Å²) in [5, 5.41) is 0. The topological polar surface area (TPSA) is 44.5 Å². The highest BCUT2D eigenvalue weighted by Crippen LogP contribution is 2.50. The first kappa shape index (κ1) is 11.3. The van der Waals surface area contributed by atoms with Gasteiger partial charge in [0.1, 0.15) is 0 Å². The lowest BCUT2D eigenvalue weighted by molar-refractivity contribution is 0.354. The first-order valence-electron chi connectivity index (χ1n) is 5.65. The second-order valence-corrected chi connectivity index (χ2v) is 4.48. The third-order valence-electron chi connectivity index (χ3n) is 3.35. The molecule has 2 N–H and O–H groups in total. The fourth-order valence-electron chi connectivity index (χ4n) is 2.26. The van der Waals surface area contributed by atoms with Crippen LogP contribution in [0.3, 0.4) is 0 Å². The molecule has 1 aliphatic carbocycles. The SMILES string of the molecule is COc1ccc(C2CC2C(C)N)cc1OC. The monoisotopic (exact) mass is 221 g/mol. The van der Waals surface area contributed by atoms with E-state index >= 15 is 0 Å². The average Bonchev–Trinajstić information content (AvgIpc) is 3.08. The van der Waals surface area contributed by atoms with Crippen molar-refractivity contribution in [3.63, 3.8) is 0 Å². The molecule has 3 heteroatoms. The quantitative estimate of drug-likeness (QED) is 0.847. The first-order valence-corrected chi connectivity index (χ1v) is 5.65. The molecule has 0 radical (unpaired) electrons. The van der Waals surface area contributed by atoms with Crippen LogP contribution in [0, 0.1) is 5.92 Å². The van der Waals surface area contributed by atoms with E-state index in [-0.39, 0.29) is 6.04 Å². The summed E-state index contributed by atoms with van der Waals surface area (Å²) < 4.78 is 10.5. The number of benzene rings is 1. The van der Waals surface area contributed by atoms with Crippen LogP contribution < -0.4 is 15.2 Å². The Morgan fingerprint density at radius 3 is 2.44 bits per heavy atom. The fraction of sp³-hybridized carbons (Fsp3) is 0.538. The van der Waals surface area contributed by atoms with Crippen molar-refractivity contribution in [1.29, 1.82) is 0 Å². The molecule has 1 saturated carbocycles. The molecule has 3 unspecified atom stereocenters. The van der Waals surface area contributed by atoms with Crippen LogP contribution in [0.2, 0.25) is 0 Å². The minimum atomic E-state index is 0.276. The van der Waals surface area contributed by atoms with Gasteiger partial charge >= 0.3 is 0 Å². The number of methoxy groups -OCH3 is 2. The molecule has 1 aliphatic rings. The van der Waals surface area contributed by atoms with Gasteiger partial charge in [-0.1, -0.05) is 6.07 Å². The average molecular weight is 221 g/mol. The zero-order valence-electron chi connectivity index (χ0n) is 10.1. The molecule has 0 aromatic heterocycles. The zero-order chi connectivity index (χ0) is 11.7. The van der Waals surface area contributed by atoms with Crippen LogP contribution in [0.4, 0.5) is 0 Å². The van der Waals surface area contributed by atoms with Gasteiger partial charge in [0.05, 0.1) is 14.2 Å². The molecule has 0 heterocycles. The Morgan fingerprint density at radius 1 is 1.25 bits per heavy atom. The molecular weight excluding hydrogens is 202 g/mol. The zero-order valence-corrected chi connectivity index (χ0v) is 10.1. The van der Waals surface area contributed by atoms with E-state index in [1.165, 1.54) is 12.0 Å². The molecular formula is C13H19NO2. The number of hydrogen-bond acceptors (Lipinski definition) is 3. The largest absolute Gasteiger partial charge is 0.493 e. The molecule has 0 aliphatic heterocycles. The van der Waals surface area contributed by atoms with Crippen LogP contribution in [0.1, 0.15) is 24.8 Å². The van der Waals surface area contributed by atoms with E-state index in [0.29, 0.717) is 11.8 Å². The third kappa shape index (κ3) is 2.00. The molecule has 3 atom stereocenters. The van der Waals surface area contributed by atoms with Crippen LogP contribution in [-0.2, 0) is 0 Å². The Bertz CT molecular complexity index is 376. The van der Waals surface area contributed by atoms with Gasteiger partial charge in [0.2, 0.25) is 0 Å². The predicted octanol–water partition coefficient (Wildman–Crippen LogP) is 2.15. The molecule has 3 nitrogen and oxygen atoms in total. The summed E-state index contributed by atoms with van der Waals surface area (Å²) in [6.07, 6.45) is 1.19. The number of nitrogens with two attached hydrogens (primary N) is 1. The molecule has 0 bridgehead atoms. The minimum absolute atomic E-state index is 0.276. The van der Waals surface area contributed by atoms with Crippen LogP contribution in [0.25, 0.3) is 0 Å². The van der Waals surface area contributed by atoms with Crippen molar-refractivity contribution in [2.45, 2.75) is 25.3 Å². The van der Waals surface area contributed by atoms with Gasteiger partial charge in [-0.15, -0.1) is 0 Å². The Labute approximate surface area is 96.5 Å². The van der Waals surface area contributed by atoms with Crippen molar-refractivity contribution in [3.05, 3.63) is 23.8 Å². The standard InChI is InChI=1S/C13H19NO2/c1-8(14)10-7-11(10)9-4-5-12(15-2)13(6-9)16-3/h4-6,8,10-11H,7,14H2,1-3H3. The molecule has 0 amide bonds. The maximum absolute atomic E-state index is 5.90. The lowest BCUT2D eigenvalue weighted by Gasteiger charge is -2.10. The van der Waals surface area contributed by atoms with Gasteiger partial charge in [0.15, 0.2) is 11.5 Å². The smallest absolute Gasteiger partial charge is 0.160 e. The molecule has 2 rings (SSSR count). The van der Waals surface area contributed by atoms with E-state index in [9.17, 15) is 0 Å². The van der Waals surface area contributed by atoms with Gasteiger partial charge in [-0.2, -0.15) is 0 Å². The van der Waals surface area contributed by atoms with Crippen molar-refractivity contribution < 1.29 is 9.47 Å². The normalized spacial score (nSPS) is 25.0. The maximum atomic E-state index is 5.90. The van der Waals surface area contributed by atoms with Gasteiger partial charge in [-0.05, 0) is 42.9 Å². The summed E-state index contributed by atoms with van der Waals surface area (Å²) in [5.74, 6) is 2.80. The van der Waals surface area contributed by atoms with E-state index in [1.54, 1.807) is 14.2 Å². The van der Waals surface area contributed by atoms with Crippen molar-refractivity contribution >= 4 is 0 Å². The van der Waals surface area contributed by atoms with Gasteiger partial charge in [-0.25, -0.2) is 0 Å². The molecule has 1 fully saturated rings. The van der Waals surface area contributed by atoms with Crippen molar-refractivity contribution in [2.24, 2.45) is 11.7 Å². The Kier molecular flexibility index (Phi) is 3.06. The number of hydrogen-bond donors (Lipinski definition) is 1. The van der Waals surface area contributed by atoms with E-state index in [4.69, 9.17) is 15.2 Å². The molecule has 0 saturated heterocycles. The van der Waals surface area contributed by atoms with E-state index in [1.807, 2.05) is 6.07 Å². The Balaban J connectivity index is 2.18. The van der Waals surface area contributed by atoms with Crippen LogP contribution in [0.5, 0.6) is 11.5 Å². The highest BCUT2D eigenvalue weighted by Gasteiger charge is 2.40. The van der Waals surface area contributed by atoms with Crippen LogP contribution in [-0.4, -0.2) is 20.3 Å². The third-order valence-corrected chi connectivity index (χ3v) is 3.35. The van der Waals surface area contributed by atoms with Gasteiger partial charge < -0.3 is 15.2 Å². The highest BCUT2D eigenvalue weighted by atomic mass is 16.5. The first-order chi connectivity index (χ1) is 7.67. The Morgan fingerprint density at radius 2 is 1.94 bits per heavy atom. The highest BCUT2D eigenvalue weighted by molar-refractivity contribution is 5.45. The van der Waals surface area contributed by atoms with E-state index in [0.717, 1.165) is 11.5 Å². The summed E-state index contributed by atoms with van der Waals surface area (Å²) in [6.45, 7) is 2.07. The summed E-state index contributed by atoms with van der Waals surface area (Å²) in [4.78, 5) is 0. The number of rotatable bonds is 4. The molecule has 0 spiro atoms. The maximum Gasteiger partial charge on any atom is 0.160 e. The number of ether oxygens (including phenoxy) is 2. The second kappa shape index (κ2) is 4.34. The summed E-state index contributed by atoms with van der Waals surface area (Å²) in [6, 6.07) is 6.41. The molecule has 88 valence electrons. The van der Waals surface area contributed by atoms with Crippen LogP contribution >= 0.6 is 0 Å². The molecule has 1 aromatic carbocycles. The lowest BCUT2D eigenvalue weighted by Crippen LogP contribution is -2.17.